The van der Waals surface area contributed by atoms with Crippen molar-refractivity contribution in [2.45, 2.75) is 18.4 Å². The molecule has 0 radical (unpaired) electrons. The first-order chi connectivity index (χ1) is 12.2. The second kappa shape index (κ2) is 8.96. The van der Waals surface area contributed by atoms with Crippen molar-refractivity contribution < 1.29 is 13.2 Å². The number of nitrogens with zero attached hydrogens (tertiary/aromatic N) is 2. The summed E-state index contributed by atoms with van der Waals surface area (Å²) < 4.78 is 26.2. The van der Waals surface area contributed by atoms with Gasteiger partial charge >= 0.3 is 0 Å². The first-order valence-electron chi connectivity index (χ1n) is 8.01. The van der Waals surface area contributed by atoms with Crippen molar-refractivity contribution in [1.29, 1.82) is 0 Å². The summed E-state index contributed by atoms with van der Waals surface area (Å²) in [4.78, 5) is 15.5. The zero-order valence-corrected chi connectivity index (χ0v) is 17.3. The molecule has 26 heavy (non-hydrogen) atoms. The maximum absolute atomic E-state index is 12.3. The lowest BCUT2D eigenvalue weighted by molar-refractivity contribution is -0.117. The number of benzene rings is 1. The van der Waals surface area contributed by atoms with Crippen LogP contribution in [0.5, 0.6) is 0 Å². The highest BCUT2D eigenvalue weighted by molar-refractivity contribution is 7.89. The maximum atomic E-state index is 12.3. The van der Waals surface area contributed by atoms with Crippen molar-refractivity contribution in [3.8, 4) is 0 Å². The molecule has 0 atom stereocenters. The third kappa shape index (κ3) is 5.52. The number of halogens is 1. The smallest absolute Gasteiger partial charge is 0.242 e. The number of anilines is 1. The van der Waals surface area contributed by atoms with E-state index in [4.69, 9.17) is 11.6 Å². The van der Waals surface area contributed by atoms with Crippen molar-refractivity contribution in [2.24, 2.45) is 0 Å². The number of amides is 1. The first-order valence-corrected chi connectivity index (χ1v) is 10.6. The Balaban J connectivity index is 2.02. The van der Waals surface area contributed by atoms with Crippen LogP contribution in [0.2, 0.25) is 4.34 Å². The molecule has 1 heterocycles. The van der Waals surface area contributed by atoms with Crippen LogP contribution < -0.4 is 5.32 Å². The van der Waals surface area contributed by atoms with Gasteiger partial charge in [-0.25, -0.2) is 12.7 Å². The molecule has 2 rings (SSSR count). The van der Waals surface area contributed by atoms with Crippen LogP contribution in [0.25, 0.3) is 0 Å². The quantitative estimate of drug-likeness (QED) is 0.719. The Bertz CT molecular complexity index is 866. The Morgan fingerprint density at radius 2 is 1.96 bits per heavy atom. The number of thiophene rings is 1. The van der Waals surface area contributed by atoms with Gasteiger partial charge in [-0.2, -0.15) is 0 Å². The molecule has 1 aromatic carbocycles. The van der Waals surface area contributed by atoms with E-state index in [0.29, 0.717) is 18.8 Å². The minimum absolute atomic E-state index is 0.140. The molecule has 1 amide bonds. The fourth-order valence-corrected chi connectivity index (χ4v) is 4.36. The third-order valence-corrected chi connectivity index (χ3v) is 6.75. The van der Waals surface area contributed by atoms with Gasteiger partial charge in [0, 0.05) is 31.2 Å². The van der Waals surface area contributed by atoms with Crippen LogP contribution >= 0.6 is 22.9 Å². The molecule has 0 aliphatic heterocycles. The van der Waals surface area contributed by atoms with Gasteiger partial charge in [0.25, 0.3) is 0 Å². The molecule has 1 N–H and O–H groups in total. The SMILES string of the molecule is CCN(CC(=O)Nc1cccc(S(=O)(=O)N(C)C)c1)Cc1ccc(Cl)s1. The Hall–Kier alpha value is -1.45. The Morgan fingerprint density at radius 1 is 1.23 bits per heavy atom. The van der Waals surface area contributed by atoms with Gasteiger partial charge in [0.2, 0.25) is 15.9 Å². The monoisotopic (exact) mass is 415 g/mol. The summed E-state index contributed by atoms with van der Waals surface area (Å²) in [5, 5.41) is 2.76. The molecule has 0 bridgehead atoms. The summed E-state index contributed by atoms with van der Waals surface area (Å²) >= 11 is 7.43. The average molecular weight is 416 g/mol. The predicted octanol–water partition coefficient (Wildman–Crippen LogP) is 3.11. The Morgan fingerprint density at radius 3 is 2.54 bits per heavy atom. The fourth-order valence-electron chi connectivity index (χ4n) is 2.29. The van der Waals surface area contributed by atoms with E-state index in [1.807, 2.05) is 24.0 Å². The van der Waals surface area contributed by atoms with Crippen molar-refractivity contribution >= 4 is 44.6 Å². The van der Waals surface area contributed by atoms with E-state index in [0.717, 1.165) is 13.5 Å². The molecule has 0 saturated heterocycles. The van der Waals surface area contributed by atoms with Gasteiger partial charge in [0.15, 0.2) is 0 Å². The van der Waals surface area contributed by atoms with Crippen molar-refractivity contribution in [3.63, 3.8) is 0 Å². The summed E-state index contributed by atoms with van der Waals surface area (Å²) in [7, 11) is -0.603. The van der Waals surface area contributed by atoms with Crippen LogP contribution in [-0.4, -0.2) is 50.7 Å². The van der Waals surface area contributed by atoms with Crippen LogP contribution in [0.4, 0.5) is 5.69 Å². The lowest BCUT2D eigenvalue weighted by Gasteiger charge is -2.19. The topological polar surface area (TPSA) is 69.7 Å². The minimum Gasteiger partial charge on any atom is -0.325 e. The largest absolute Gasteiger partial charge is 0.325 e. The average Bonchev–Trinajstić information content (AvgIpc) is 2.99. The fraction of sp³-hybridized carbons (Fsp3) is 0.353. The summed E-state index contributed by atoms with van der Waals surface area (Å²) in [6.07, 6.45) is 0. The van der Waals surface area contributed by atoms with E-state index in [1.165, 1.54) is 37.6 Å². The predicted molar refractivity (Wildman–Crippen MR) is 106 cm³/mol. The summed E-state index contributed by atoms with van der Waals surface area (Å²) in [6.45, 7) is 3.53. The van der Waals surface area contributed by atoms with Gasteiger partial charge in [-0.1, -0.05) is 24.6 Å². The molecule has 0 aliphatic carbocycles. The molecule has 0 spiro atoms. The number of sulfonamides is 1. The molecular formula is C17H22ClN3O3S2. The second-order valence-corrected chi connectivity index (χ2v) is 9.82. The van der Waals surface area contributed by atoms with Gasteiger partial charge in [-0.15, -0.1) is 11.3 Å². The molecule has 142 valence electrons. The number of carbonyl (C=O) groups is 1. The Kier molecular flexibility index (Phi) is 7.19. The van der Waals surface area contributed by atoms with Crippen molar-refractivity contribution in [3.05, 3.63) is 45.6 Å². The van der Waals surface area contributed by atoms with Crippen molar-refractivity contribution in [2.75, 3.05) is 32.5 Å². The summed E-state index contributed by atoms with van der Waals surface area (Å²) in [6, 6.07) is 10.0. The van der Waals surface area contributed by atoms with Gasteiger partial charge in [-0.3, -0.25) is 9.69 Å². The number of carbonyl (C=O) groups excluding carboxylic acids is 1. The van der Waals surface area contributed by atoms with Crippen LogP contribution in [0.1, 0.15) is 11.8 Å². The van der Waals surface area contributed by atoms with Crippen LogP contribution in [-0.2, 0) is 21.4 Å². The van der Waals surface area contributed by atoms with Gasteiger partial charge in [0.1, 0.15) is 0 Å². The molecule has 0 saturated carbocycles. The number of hydrogen-bond donors (Lipinski definition) is 1. The molecule has 6 nitrogen and oxygen atoms in total. The van der Waals surface area contributed by atoms with E-state index < -0.39 is 10.0 Å². The summed E-state index contributed by atoms with van der Waals surface area (Å²) in [5.74, 6) is -0.200. The number of hydrogen-bond acceptors (Lipinski definition) is 5. The molecule has 0 unspecified atom stereocenters. The molecule has 9 heteroatoms. The van der Waals surface area contributed by atoms with E-state index >= 15 is 0 Å². The Labute approximate surface area is 163 Å². The number of likely N-dealkylation sites (N-methyl/N-ethyl adjacent to an activating group) is 1. The van der Waals surface area contributed by atoms with Gasteiger partial charge < -0.3 is 5.32 Å². The zero-order valence-electron chi connectivity index (χ0n) is 14.9. The van der Waals surface area contributed by atoms with Gasteiger partial charge in [0.05, 0.1) is 15.8 Å². The summed E-state index contributed by atoms with van der Waals surface area (Å²) in [5.41, 5.74) is 0.452. The highest BCUT2D eigenvalue weighted by Crippen LogP contribution is 2.23. The van der Waals surface area contributed by atoms with E-state index in [9.17, 15) is 13.2 Å². The van der Waals surface area contributed by atoms with E-state index in [1.54, 1.807) is 12.1 Å². The van der Waals surface area contributed by atoms with Crippen LogP contribution in [0.15, 0.2) is 41.3 Å². The lowest BCUT2D eigenvalue weighted by atomic mass is 10.3. The number of nitrogens with one attached hydrogen (secondary N) is 1. The minimum atomic E-state index is -3.54. The molecule has 1 aromatic heterocycles. The normalized spacial score (nSPS) is 11.9. The standard InChI is InChI=1S/C17H22ClN3O3S2/c1-4-21(11-14-8-9-16(18)25-14)12-17(22)19-13-6-5-7-15(10-13)26(23,24)20(2)3/h5-10H,4,11-12H2,1-3H3,(H,19,22). The zero-order chi connectivity index (χ0) is 19.3. The van der Waals surface area contributed by atoms with E-state index in [-0.39, 0.29) is 17.3 Å². The highest BCUT2D eigenvalue weighted by Gasteiger charge is 2.18. The number of rotatable bonds is 8. The first kappa shape index (κ1) is 20.9. The highest BCUT2D eigenvalue weighted by atomic mass is 35.5. The maximum Gasteiger partial charge on any atom is 0.242 e. The second-order valence-electron chi connectivity index (χ2n) is 5.87. The molecule has 0 fully saturated rings. The van der Waals surface area contributed by atoms with Gasteiger partial charge in [-0.05, 0) is 36.9 Å². The van der Waals surface area contributed by atoms with Crippen LogP contribution in [0.3, 0.4) is 0 Å². The van der Waals surface area contributed by atoms with E-state index in [2.05, 4.69) is 5.32 Å². The lowest BCUT2D eigenvalue weighted by Crippen LogP contribution is -2.32. The molecule has 2 aromatic rings. The molecular weight excluding hydrogens is 394 g/mol. The van der Waals surface area contributed by atoms with Crippen molar-refractivity contribution in [1.82, 2.24) is 9.21 Å². The molecule has 0 aliphatic rings. The third-order valence-electron chi connectivity index (χ3n) is 3.72. The van der Waals surface area contributed by atoms with Crippen LogP contribution in [0, 0.1) is 0 Å².